The second-order valence-electron chi connectivity index (χ2n) is 8.78. The minimum atomic E-state index is -0.337. The number of carbonyl (C=O) groups excluding carboxylic acids is 3. The molecule has 1 atom stereocenters. The number of allylic oxidation sites excluding steroid dienone is 2. The highest BCUT2D eigenvalue weighted by Crippen LogP contribution is 2.24. The largest absolute Gasteiger partial charge is 0.493 e. The number of nitrogens with one attached hydrogen (secondary N) is 1. The summed E-state index contributed by atoms with van der Waals surface area (Å²) in [6, 6.07) is 11.8. The lowest BCUT2D eigenvalue weighted by Crippen LogP contribution is -2.25. The predicted molar refractivity (Wildman–Crippen MR) is 160 cm³/mol. The Morgan fingerprint density at radius 1 is 1.10 bits per heavy atom. The summed E-state index contributed by atoms with van der Waals surface area (Å²) in [6.45, 7) is 12.4. The van der Waals surface area contributed by atoms with Crippen molar-refractivity contribution >= 4 is 34.5 Å². The molecule has 1 saturated heterocycles. The minimum Gasteiger partial charge on any atom is -0.493 e. The molecule has 9 heteroatoms. The van der Waals surface area contributed by atoms with Crippen LogP contribution in [-0.2, 0) is 28.9 Å². The van der Waals surface area contributed by atoms with Crippen LogP contribution in [0.5, 0.6) is 5.75 Å². The molecule has 8 nitrogen and oxygen atoms in total. The molecule has 212 valence electrons. The number of hydrogen-bond acceptors (Lipinski definition) is 7. The zero-order valence-electron chi connectivity index (χ0n) is 24.0. The van der Waals surface area contributed by atoms with Gasteiger partial charge in [-0.3, -0.25) is 29.7 Å². The molecule has 39 heavy (non-hydrogen) atoms. The Bertz CT molecular complexity index is 1130. The summed E-state index contributed by atoms with van der Waals surface area (Å²) >= 11 is 1.05. The molecule has 3 rings (SSSR count). The van der Waals surface area contributed by atoms with Gasteiger partial charge in [-0.15, -0.1) is 0 Å². The van der Waals surface area contributed by atoms with Gasteiger partial charge in [-0.25, -0.2) is 0 Å². The number of nitrogens with zero attached hydrogens (tertiary/aromatic N) is 2. The van der Waals surface area contributed by atoms with Crippen molar-refractivity contribution in [3.05, 3.63) is 71.2 Å². The molecule has 1 unspecified atom stereocenters. The second-order valence-corrected chi connectivity index (χ2v) is 9.96. The SMILES string of the molecule is C/C=C(/CC)N=C(C)CC.CC(N)=O.CCc1ccnc(CCOc2ccc(CC3SC(=O)NC3=O)cc2)c1. The predicted octanol–water partition coefficient (Wildman–Crippen LogP) is 5.82. The molecule has 1 fully saturated rings. The second kappa shape index (κ2) is 18.7. The van der Waals surface area contributed by atoms with Gasteiger partial charge in [0, 0.05) is 36.6 Å². The van der Waals surface area contributed by atoms with Crippen molar-refractivity contribution in [1.82, 2.24) is 10.3 Å². The molecule has 0 radical (unpaired) electrons. The van der Waals surface area contributed by atoms with Crippen LogP contribution in [0.3, 0.4) is 0 Å². The van der Waals surface area contributed by atoms with E-state index in [4.69, 9.17) is 4.74 Å². The van der Waals surface area contributed by atoms with Crippen LogP contribution in [-0.4, -0.2) is 39.6 Å². The van der Waals surface area contributed by atoms with Crippen LogP contribution in [0, 0.1) is 0 Å². The Labute approximate surface area is 236 Å². The molecule has 2 aromatic rings. The van der Waals surface area contributed by atoms with Crippen molar-refractivity contribution in [2.45, 2.75) is 78.9 Å². The lowest BCUT2D eigenvalue weighted by molar-refractivity contribution is -0.119. The molecule has 0 spiro atoms. The first-order valence-corrected chi connectivity index (χ1v) is 14.1. The number of hydrogen-bond donors (Lipinski definition) is 2. The number of primary amides is 1. The number of aryl methyl sites for hydroxylation is 1. The van der Waals surface area contributed by atoms with E-state index < -0.39 is 0 Å². The van der Waals surface area contributed by atoms with Crippen molar-refractivity contribution in [3.63, 3.8) is 0 Å². The lowest BCUT2D eigenvalue weighted by Gasteiger charge is -2.09. The normalized spacial score (nSPS) is 15.0. The van der Waals surface area contributed by atoms with Crippen molar-refractivity contribution in [2.24, 2.45) is 10.7 Å². The molecule has 1 aromatic carbocycles. The van der Waals surface area contributed by atoms with Gasteiger partial charge in [-0.1, -0.05) is 50.7 Å². The van der Waals surface area contributed by atoms with Gasteiger partial charge in [0.15, 0.2) is 0 Å². The summed E-state index contributed by atoms with van der Waals surface area (Å²) in [7, 11) is 0. The van der Waals surface area contributed by atoms with E-state index in [0.29, 0.717) is 13.0 Å². The number of carbonyl (C=O) groups is 3. The smallest absolute Gasteiger partial charge is 0.286 e. The van der Waals surface area contributed by atoms with Crippen molar-refractivity contribution < 1.29 is 19.1 Å². The molecule has 2 heterocycles. The third-order valence-electron chi connectivity index (χ3n) is 5.57. The summed E-state index contributed by atoms with van der Waals surface area (Å²) in [5.74, 6) is 0.243. The van der Waals surface area contributed by atoms with E-state index in [1.54, 1.807) is 0 Å². The molecule has 0 bridgehead atoms. The molecular weight excluding hydrogens is 512 g/mol. The molecular formula is C30H42N4O4S. The number of thioether (sulfide) groups is 1. The van der Waals surface area contributed by atoms with Crippen LogP contribution < -0.4 is 15.8 Å². The first-order valence-electron chi connectivity index (χ1n) is 13.2. The fraction of sp³-hybridized carbons (Fsp3) is 0.433. The number of benzene rings is 1. The van der Waals surface area contributed by atoms with Crippen LogP contribution in [0.4, 0.5) is 4.79 Å². The maximum Gasteiger partial charge on any atom is 0.286 e. The van der Waals surface area contributed by atoms with Gasteiger partial charge in [0.25, 0.3) is 5.24 Å². The molecule has 3 amide bonds. The molecule has 1 aliphatic rings. The average Bonchev–Trinajstić information content (AvgIpc) is 3.24. The van der Waals surface area contributed by atoms with Crippen molar-refractivity contribution in [1.29, 1.82) is 0 Å². The first kappa shape index (κ1) is 33.6. The van der Waals surface area contributed by atoms with Gasteiger partial charge in [0.05, 0.1) is 11.9 Å². The highest BCUT2D eigenvalue weighted by molar-refractivity contribution is 8.15. The Hall–Kier alpha value is -3.46. The lowest BCUT2D eigenvalue weighted by atomic mass is 10.1. The maximum atomic E-state index is 11.6. The summed E-state index contributed by atoms with van der Waals surface area (Å²) in [4.78, 5) is 40.8. The third-order valence-corrected chi connectivity index (χ3v) is 6.55. The Balaban J connectivity index is 0.000000453. The van der Waals surface area contributed by atoms with Gasteiger partial charge in [-0.2, -0.15) is 0 Å². The highest BCUT2D eigenvalue weighted by Gasteiger charge is 2.31. The van der Waals surface area contributed by atoms with E-state index in [1.165, 1.54) is 23.9 Å². The van der Waals surface area contributed by atoms with Crippen molar-refractivity contribution in [2.75, 3.05) is 6.61 Å². The molecule has 1 aromatic heterocycles. The first-order chi connectivity index (χ1) is 18.6. The van der Waals surface area contributed by atoms with Gasteiger partial charge in [0.2, 0.25) is 11.8 Å². The van der Waals surface area contributed by atoms with E-state index in [2.05, 4.69) is 60.9 Å². The topological polar surface area (TPSA) is 124 Å². The molecule has 0 aliphatic carbocycles. The maximum absolute atomic E-state index is 11.6. The number of amides is 3. The third kappa shape index (κ3) is 14.3. The summed E-state index contributed by atoms with van der Waals surface area (Å²) in [6.07, 6.45) is 8.29. The fourth-order valence-corrected chi connectivity index (χ4v) is 4.15. The molecule has 0 saturated carbocycles. The summed E-state index contributed by atoms with van der Waals surface area (Å²) < 4.78 is 5.77. The van der Waals surface area contributed by atoms with Gasteiger partial charge >= 0.3 is 0 Å². The van der Waals surface area contributed by atoms with Crippen LogP contribution in [0.1, 0.15) is 71.2 Å². The summed E-state index contributed by atoms with van der Waals surface area (Å²) in [5, 5.41) is 1.70. The average molecular weight is 555 g/mol. The molecule has 1 aliphatic heterocycles. The van der Waals surface area contributed by atoms with Crippen molar-refractivity contribution in [3.8, 4) is 5.75 Å². The Kier molecular flexibility index (Phi) is 16.1. The van der Waals surface area contributed by atoms with Crippen LogP contribution in [0.15, 0.2) is 59.4 Å². The summed E-state index contributed by atoms with van der Waals surface area (Å²) in [5.41, 5.74) is 10.2. The number of pyridine rings is 1. The number of aliphatic imine (C=N–C) groups is 1. The quantitative estimate of drug-likeness (QED) is 0.357. The fourth-order valence-electron chi connectivity index (χ4n) is 3.29. The standard InChI is InChI=1S/C19H20N2O3S.C9H17N.C2H5NO/c1-2-13-7-9-20-15(11-13)8-10-24-16-5-3-14(4-6-16)12-17-18(22)21-19(23)25-17;1-5-8(4)10-9(6-2)7-3;1-2(3)4/h3-7,9,11,17H,2,8,10,12H2,1H3,(H,21,22,23);6H,5,7H2,1-4H3;1H3,(H2,3,4)/b;9-6-,10-8?;. The monoisotopic (exact) mass is 554 g/mol. The molecule has 3 N–H and O–H groups in total. The van der Waals surface area contributed by atoms with E-state index in [1.807, 2.05) is 43.5 Å². The zero-order chi connectivity index (χ0) is 29.2. The van der Waals surface area contributed by atoms with Gasteiger partial charge in [-0.05, 0) is 74.9 Å². The van der Waals surface area contributed by atoms with Crippen LogP contribution >= 0.6 is 11.8 Å². The Morgan fingerprint density at radius 2 is 1.77 bits per heavy atom. The van der Waals surface area contributed by atoms with E-state index >= 15 is 0 Å². The number of aromatic nitrogens is 1. The zero-order valence-corrected chi connectivity index (χ0v) is 24.8. The van der Waals surface area contributed by atoms with E-state index in [-0.39, 0.29) is 22.3 Å². The van der Waals surface area contributed by atoms with E-state index in [9.17, 15) is 14.4 Å². The number of imide groups is 1. The van der Waals surface area contributed by atoms with Crippen LogP contribution in [0.25, 0.3) is 0 Å². The number of rotatable bonds is 10. The van der Waals surface area contributed by atoms with Gasteiger partial charge in [0.1, 0.15) is 5.75 Å². The minimum absolute atomic E-state index is 0.211. The number of ether oxygens (including phenoxy) is 1. The van der Waals surface area contributed by atoms with E-state index in [0.717, 1.165) is 54.5 Å². The van der Waals surface area contributed by atoms with Gasteiger partial charge < -0.3 is 10.5 Å². The Morgan fingerprint density at radius 3 is 2.28 bits per heavy atom. The number of nitrogens with two attached hydrogens (primary N) is 1. The van der Waals surface area contributed by atoms with Crippen LogP contribution in [0.2, 0.25) is 0 Å². The highest BCUT2D eigenvalue weighted by atomic mass is 32.2.